The highest BCUT2D eigenvalue weighted by molar-refractivity contribution is 5.96. The minimum absolute atomic E-state index is 0.0325. The van der Waals surface area contributed by atoms with Gasteiger partial charge in [-0.3, -0.25) is 14.4 Å². The van der Waals surface area contributed by atoms with E-state index in [0.29, 0.717) is 6.54 Å². The largest absolute Gasteiger partial charge is 0.466 e. The highest BCUT2D eigenvalue weighted by Gasteiger charge is 2.57. The number of carbonyl (C=O) groups excluding carboxylic acids is 3. The number of fused-ring (bicyclic) bond motifs is 1. The molecule has 0 aromatic carbocycles. The van der Waals surface area contributed by atoms with Crippen LogP contribution in [-0.2, 0) is 19.1 Å². The summed E-state index contributed by atoms with van der Waals surface area (Å²) in [5, 5.41) is 11.9. The summed E-state index contributed by atoms with van der Waals surface area (Å²) in [5.74, 6) is -2.12. The second-order valence-electron chi connectivity index (χ2n) is 8.62. The highest BCUT2D eigenvalue weighted by atomic mass is 16.5. The van der Waals surface area contributed by atoms with E-state index in [1.54, 1.807) is 11.8 Å². The van der Waals surface area contributed by atoms with Gasteiger partial charge in [0.2, 0.25) is 11.8 Å². The Labute approximate surface area is 180 Å². The number of carbonyl (C=O) groups is 3. The number of ether oxygens (including phenoxy) is 1. The molecule has 2 aliphatic rings. The number of amides is 2. The van der Waals surface area contributed by atoms with E-state index >= 15 is 0 Å². The summed E-state index contributed by atoms with van der Waals surface area (Å²) in [5.41, 5.74) is 0. The maximum Gasteiger partial charge on any atom is 0.310 e. The summed E-state index contributed by atoms with van der Waals surface area (Å²) >= 11 is 0. The molecule has 0 aromatic rings. The minimum Gasteiger partial charge on any atom is -0.466 e. The molecular weight excluding hydrogens is 384 g/mol. The Morgan fingerprint density at radius 2 is 1.87 bits per heavy atom. The smallest absolute Gasteiger partial charge is 0.310 e. The fraction of sp³-hybridized carbons (Fsp3) is 0.783. The zero-order valence-corrected chi connectivity index (χ0v) is 18.8. The van der Waals surface area contributed by atoms with Gasteiger partial charge in [-0.1, -0.05) is 31.9 Å². The number of nitrogens with one attached hydrogen (secondary N) is 1. The molecule has 0 bridgehead atoms. The van der Waals surface area contributed by atoms with Crippen LogP contribution >= 0.6 is 0 Å². The molecule has 1 saturated heterocycles. The SMILES string of the molecule is CCOC(=O)[C@H]1[C@@H]2C(=O)N(CCCCCCO)[C@H](C(=O)NC(C)C)[C@H]2C=C[C@H]1CC. The molecular formula is C23H38N2O5. The predicted octanol–water partition coefficient (Wildman–Crippen LogP) is 2.28. The molecule has 0 spiro atoms. The van der Waals surface area contributed by atoms with Crippen LogP contribution in [-0.4, -0.2) is 59.6 Å². The van der Waals surface area contributed by atoms with Gasteiger partial charge in [0, 0.05) is 25.1 Å². The molecule has 7 heteroatoms. The van der Waals surface area contributed by atoms with Gasteiger partial charge < -0.3 is 20.1 Å². The predicted molar refractivity (Wildman–Crippen MR) is 114 cm³/mol. The molecule has 0 radical (unpaired) electrons. The first kappa shape index (κ1) is 24.4. The first-order valence-electron chi connectivity index (χ1n) is 11.4. The van der Waals surface area contributed by atoms with Crippen molar-refractivity contribution in [2.45, 2.75) is 71.9 Å². The molecule has 30 heavy (non-hydrogen) atoms. The van der Waals surface area contributed by atoms with Gasteiger partial charge >= 0.3 is 5.97 Å². The number of aliphatic hydroxyl groups is 1. The standard InChI is InChI=1S/C23H38N2O5/c1-5-16-11-12-17-19(18(16)23(29)30-6-2)22(28)25(13-9-7-8-10-14-26)20(17)21(27)24-15(3)4/h11-12,15-20,26H,5-10,13-14H2,1-4H3,(H,24,27)/t16-,17+,18-,19-,20+/m1/s1. The van der Waals surface area contributed by atoms with Gasteiger partial charge in [0.1, 0.15) is 6.04 Å². The van der Waals surface area contributed by atoms with Crippen LogP contribution in [0.4, 0.5) is 0 Å². The Bertz CT molecular complexity index is 633. The van der Waals surface area contributed by atoms with E-state index < -0.39 is 17.9 Å². The van der Waals surface area contributed by atoms with E-state index in [-0.39, 0.29) is 48.9 Å². The van der Waals surface area contributed by atoms with Crippen molar-refractivity contribution in [1.82, 2.24) is 10.2 Å². The van der Waals surface area contributed by atoms with Crippen molar-refractivity contribution >= 4 is 17.8 Å². The molecule has 0 aromatic heterocycles. The van der Waals surface area contributed by atoms with Crippen LogP contribution in [0, 0.1) is 23.7 Å². The summed E-state index contributed by atoms with van der Waals surface area (Å²) in [7, 11) is 0. The number of unbranched alkanes of at least 4 members (excludes halogenated alkanes) is 3. The zero-order chi connectivity index (χ0) is 22.3. The van der Waals surface area contributed by atoms with Crippen molar-refractivity contribution in [3.05, 3.63) is 12.2 Å². The average molecular weight is 423 g/mol. The fourth-order valence-electron chi connectivity index (χ4n) is 4.81. The summed E-state index contributed by atoms with van der Waals surface area (Å²) < 4.78 is 5.32. The van der Waals surface area contributed by atoms with Crippen LogP contribution in [0.15, 0.2) is 12.2 Å². The van der Waals surface area contributed by atoms with Crippen LogP contribution < -0.4 is 5.32 Å². The second-order valence-corrected chi connectivity index (χ2v) is 8.62. The lowest BCUT2D eigenvalue weighted by Gasteiger charge is -2.33. The van der Waals surface area contributed by atoms with Gasteiger partial charge in [-0.15, -0.1) is 0 Å². The van der Waals surface area contributed by atoms with Crippen molar-refractivity contribution in [3.8, 4) is 0 Å². The molecule has 5 atom stereocenters. The van der Waals surface area contributed by atoms with E-state index in [1.807, 2.05) is 32.9 Å². The highest BCUT2D eigenvalue weighted by Crippen LogP contribution is 2.45. The number of allylic oxidation sites excluding steroid dienone is 1. The lowest BCUT2D eigenvalue weighted by molar-refractivity contribution is -0.155. The fourth-order valence-corrected chi connectivity index (χ4v) is 4.81. The van der Waals surface area contributed by atoms with E-state index in [0.717, 1.165) is 32.1 Å². The molecule has 1 aliphatic heterocycles. The molecule has 1 fully saturated rings. The summed E-state index contributed by atoms with van der Waals surface area (Å²) in [6.45, 7) is 8.48. The van der Waals surface area contributed by atoms with E-state index in [2.05, 4.69) is 5.32 Å². The maximum atomic E-state index is 13.5. The molecule has 170 valence electrons. The van der Waals surface area contributed by atoms with Gasteiger partial charge in [0.15, 0.2) is 0 Å². The quantitative estimate of drug-likeness (QED) is 0.303. The third kappa shape index (κ3) is 5.42. The van der Waals surface area contributed by atoms with Crippen molar-refractivity contribution in [2.75, 3.05) is 19.8 Å². The Hall–Kier alpha value is -1.89. The van der Waals surface area contributed by atoms with Crippen molar-refractivity contribution < 1.29 is 24.2 Å². The van der Waals surface area contributed by atoms with E-state index in [4.69, 9.17) is 9.84 Å². The number of rotatable bonds is 11. The molecule has 2 amide bonds. The number of nitrogens with zero attached hydrogens (tertiary/aromatic N) is 1. The first-order valence-corrected chi connectivity index (χ1v) is 11.4. The molecule has 0 unspecified atom stereocenters. The third-order valence-corrected chi connectivity index (χ3v) is 6.15. The molecule has 2 N–H and O–H groups in total. The molecule has 1 aliphatic carbocycles. The Balaban J connectivity index is 2.31. The van der Waals surface area contributed by atoms with Crippen LogP contribution in [0.1, 0.15) is 59.8 Å². The second kappa shape index (κ2) is 11.5. The molecule has 2 rings (SSSR count). The first-order chi connectivity index (χ1) is 14.4. The van der Waals surface area contributed by atoms with Gasteiger partial charge in [0.05, 0.1) is 18.4 Å². The maximum absolute atomic E-state index is 13.5. The third-order valence-electron chi connectivity index (χ3n) is 6.15. The lowest BCUT2D eigenvalue weighted by Crippen LogP contribution is -2.49. The summed E-state index contributed by atoms with van der Waals surface area (Å²) in [6, 6.07) is -0.636. The minimum atomic E-state index is -0.603. The van der Waals surface area contributed by atoms with Gasteiger partial charge in [-0.2, -0.15) is 0 Å². The topological polar surface area (TPSA) is 95.9 Å². The molecule has 7 nitrogen and oxygen atoms in total. The molecule has 0 saturated carbocycles. The van der Waals surface area contributed by atoms with Crippen LogP contribution in [0.3, 0.4) is 0 Å². The zero-order valence-electron chi connectivity index (χ0n) is 18.8. The van der Waals surface area contributed by atoms with Gasteiger partial charge in [-0.05, 0) is 46.0 Å². The Kier molecular flexibility index (Phi) is 9.34. The van der Waals surface area contributed by atoms with E-state index in [9.17, 15) is 14.4 Å². The number of aliphatic hydroxyl groups excluding tert-OH is 1. The van der Waals surface area contributed by atoms with Crippen molar-refractivity contribution in [1.29, 1.82) is 0 Å². The van der Waals surface area contributed by atoms with Gasteiger partial charge in [0.25, 0.3) is 0 Å². The number of likely N-dealkylation sites (tertiary alicyclic amines) is 1. The average Bonchev–Trinajstić information content (AvgIpc) is 2.98. The van der Waals surface area contributed by atoms with Crippen LogP contribution in [0.5, 0.6) is 0 Å². The number of hydrogen-bond donors (Lipinski definition) is 2. The summed E-state index contributed by atoms with van der Waals surface area (Å²) in [6.07, 6.45) is 7.98. The van der Waals surface area contributed by atoms with Gasteiger partial charge in [-0.25, -0.2) is 0 Å². The van der Waals surface area contributed by atoms with Crippen LogP contribution in [0.2, 0.25) is 0 Å². The van der Waals surface area contributed by atoms with Crippen molar-refractivity contribution in [3.63, 3.8) is 0 Å². The monoisotopic (exact) mass is 422 g/mol. The number of hydrogen-bond acceptors (Lipinski definition) is 5. The van der Waals surface area contributed by atoms with Crippen molar-refractivity contribution in [2.24, 2.45) is 23.7 Å². The molecule has 1 heterocycles. The Morgan fingerprint density at radius 1 is 1.17 bits per heavy atom. The Morgan fingerprint density at radius 3 is 2.47 bits per heavy atom. The number of esters is 1. The normalized spacial score (nSPS) is 28.0. The van der Waals surface area contributed by atoms with Crippen LogP contribution in [0.25, 0.3) is 0 Å². The lowest BCUT2D eigenvalue weighted by atomic mass is 9.69. The summed E-state index contributed by atoms with van der Waals surface area (Å²) in [4.78, 5) is 41.1. The van der Waals surface area contributed by atoms with E-state index in [1.165, 1.54) is 0 Å².